The summed E-state index contributed by atoms with van der Waals surface area (Å²) in [6.45, 7) is 10.4. The number of carbonyl (C=O) groups is 2. The van der Waals surface area contributed by atoms with Crippen LogP contribution in [0.15, 0.2) is 0 Å². The van der Waals surface area contributed by atoms with E-state index in [9.17, 15) is 9.59 Å². The lowest BCUT2D eigenvalue weighted by atomic mass is 10.5. The summed E-state index contributed by atoms with van der Waals surface area (Å²) in [4.78, 5) is 21.8. The fraction of sp³-hybridized carbons (Fsp3) is 0.931. The number of ether oxygens (including phenoxy) is 14. The molecule has 16 heteroatoms. The molecular weight excluding hydrogens is 604 g/mol. The third-order valence-electron chi connectivity index (χ3n) is 5.22. The van der Waals surface area contributed by atoms with Gasteiger partial charge in [0.25, 0.3) is 0 Å². The first kappa shape index (κ1) is 43.5. The molecule has 0 spiro atoms. The van der Waals surface area contributed by atoms with Gasteiger partial charge in [-0.2, -0.15) is 0 Å². The van der Waals surface area contributed by atoms with E-state index in [1.165, 1.54) is 14.2 Å². The van der Waals surface area contributed by atoms with Crippen LogP contribution in [0.4, 0.5) is 0 Å². The van der Waals surface area contributed by atoms with Crippen molar-refractivity contribution in [2.45, 2.75) is 6.42 Å². The van der Waals surface area contributed by atoms with Gasteiger partial charge in [-0.15, -0.1) is 0 Å². The van der Waals surface area contributed by atoms with Gasteiger partial charge < -0.3 is 66.3 Å². The Balaban J connectivity index is 3.06. The van der Waals surface area contributed by atoms with Crippen molar-refractivity contribution in [1.29, 1.82) is 0 Å². The monoisotopic (exact) mass is 660 g/mol. The molecule has 0 bridgehead atoms. The maximum atomic E-state index is 10.9. The van der Waals surface area contributed by atoms with Crippen LogP contribution < -0.4 is 0 Å². The average Bonchev–Trinajstić information content (AvgIpc) is 3.05. The second-order valence-electron chi connectivity index (χ2n) is 8.69. The summed E-state index contributed by atoms with van der Waals surface area (Å²) in [5, 5.41) is 0. The molecule has 0 aromatic rings. The van der Waals surface area contributed by atoms with Gasteiger partial charge in [-0.1, -0.05) is 0 Å². The third kappa shape index (κ3) is 38.6. The van der Waals surface area contributed by atoms with Crippen LogP contribution in [-0.2, 0) is 75.9 Å². The normalized spacial score (nSPS) is 11.2. The van der Waals surface area contributed by atoms with Crippen LogP contribution in [-0.4, -0.2) is 185 Å². The fourth-order valence-electron chi connectivity index (χ4n) is 2.89. The van der Waals surface area contributed by atoms with Crippen LogP contribution in [0.3, 0.4) is 0 Å². The van der Waals surface area contributed by atoms with E-state index in [4.69, 9.17) is 56.8 Å². The topological polar surface area (TPSA) is 163 Å². The van der Waals surface area contributed by atoms with Gasteiger partial charge in [0.05, 0.1) is 173 Å². The Hall–Kier alpha value is -1.54. The lowest BCUT2D eigenvalue weighted by Gasteiger charge is -2.09. The Bertz CT molecular complexity index is 563. The Morgan fingerprint density at radius 2 is 0.489 bits per heavy atom. The predicted octanol–water partition coefficient (Wildman–Crippen LogP) is -0.0783. The molecule has 0 saturated carbocycles. The highest BCUT2D eigenvalue weighted by atomic mass is 16.6. The quantitative estimate of drug-likeness (QED) is 0.0638. The molecule has 0 heterocycles. The van der Waals surface area contributed by atoms with Gasteiger partial charge in [0.2, 0.25) is 0 Å². The van der Waals surface area contributed by atoms with Crippen LogP contribution in [0.2, 0.25) is 0 Å². The van der Waals surface area contributed by atoms with E-state index in [2.05, 4.69) is 9.47 Å². The van der Waals surface area contributed by atoms with Gasteiger partial charge in [-0.3, -0.25) is 4.79 Å². The molecule has 0 aromatic carbocycles. The van der Waals surface area contributed by atoms with Gasteiger partial charge in [-0.25, -0.2) is 4.79 Å². The minimum Gasteiger partial charge on any atom is -0.469 e. The van der Waals surface area contributed by atoms with Crippen molar-refractivity contribution in [3.05, 3.63) is 0 Å². The van der Waals surface area contributed by atoms with Crippen LogP contribution in [0, 0.1) is 0 Å². The Morgan fingerprint density at radius 1 is 0.289 bits per heavy atom. The molecule has 0 aliphatic rings. The molecular formula is C29H56O16. The Kier molecular flexibility index (Phi) is 37.3. The van der Waals surface area contributed by atoms with Crippen molar-refractivity contribution >= 4 is 11.9 Å². The summed E-state index contributed by atoms with van der Waals surface area (Å²) in [6, 6.07) is 0. The standard InChI is InChI=1S/C29H56O16/c1-32-28(30)3-4-34-5-6-35-7-8-36-9-10-37-11-12-38-13-14-39-15-16-40-17-18-41-19-20-42-21-22-43-23-24-44-25-26-45-27-29(31)33-2/h3-27H2,1-2H3. The van der Waals surface area contributed by atoms with E-state index in [1.54, 1.807) is 0 Å². The SMILES string of the molecule is COC(=O)CCOCCOCCOCCOCCOCCOCCOCCOCCOCCOCCOCCOCC(=O)OC. The molecule has 0 saturated heterocycles. The van der Waals surface area contributed by atoms with E-state index < -0.39 is 5.97 Å². The van der Waals surface area contributed by atoms with Gasteiger partial charge in [0.1, 0.15) is 6.61 Å². The zero-order chi connectivity index (χ0) is 32.7. The molecule has 0 fully saturated rings. The third-order valence-corrected chi connectivity index (χ3v) is 5.22. The summed E-state index contributed by atoms with van der Waals surface area (Å²) in [5.41, 5.74) is 0. The number of esters is 2. The summed E-state index contributed by atoms with van der Waals surface area (Å²) < 4.78 is 73.4. The van der Waals surface area contributed by atoms with Crippen molar-refractivity contribution in [2.24, 2.45) is 0 Å². The summed E-state index contributed by atoms with van der Waals surface area (Å²) in [7, 11) is 2.66. The fourth-order valence-corrected chi connectivity index (χ4v) is 2.89. The van der Waals surface area contributed by atoms with Gasteiger partial charge in [0.15, 0.2) is 0 Å². The lowest BCUT2D eigenvalue weighted by Crippen LogP contribution is -2.16. The van der Waals surface area contributed by atoms with E-state index in [0.717, 1.165) is 0 Å². The second-order valence-corrected chi connectivity index (χ2v) is 8.69. The number of methoxy groups -OCH3 is 2. The van der Waals surface area contributed by atoms with Crippen LogP contribution in [0.1, 0.15) is 6.42 Å². The second kappa shape index (κ2) is 38.6. The molecule has 45 heavy (non-hydrogen) atoms. The summed E-state index contributed by atoms with van der Waals surface area (Å²) >= 11 is 0. The summed E-state index contributed by atoms with van der Waals surface area (Å²) in [6.07, 6.45) is 0.241. The maximum Gasteiger partial charge on any atom is 0.331 e. The number of carbonyl (C=O) groups excluding carboxylic acids is 2. The molecule has 0 amide bonds. The molecule has 0 rings (SSSR count). The highest BCUT2D eigenvalue weighted by Crippen LogP contribution is 1.89. The van der Waals surface area contributed by atoms with Crippen molar-refractivity contribution < 1.29 is 75.9 Å². The van der Waals surface area contributed by atoms with Gasteiger partial charge in [0, 0.05) is 0 Å². The number of rotatable bonds is 38. The van der Waals surface area contributed by atoms with E-state index in [0.29, 0.717) is 152 Å². The maximum absolute atomic E-state index is 10.9. The largest absolute Gasteiger partial charge is 0.469 e. The Morgan fingerprint density at radius 3 is 0.711 bits per heavy atom. The zero-order valence-electron chi connectivity index (χ0n) is 27.2. The van der Waals surface area contributed by atoms with Crippen molar-refractivity contribution in [3.8, 4) is 0 Å². The molecule has 0 unspecified atom stereocenters. The first-order valence-corrected chi connectivity index (χ1v) is 15.3. The minimum atomic E-state index is -0.411. The van der Waals surface area contributed by atoms with Crippen molar-refractivity contribution in [2.75, 3.05) is 173 Å². The highest BCUT2D eigenvalue weighted by Gasteiger charge is 2.00. The smallest absolute Gasteiger partial charge is 0.331 e. The molecule has 268 valence electrons. The predicted molar refractivity (Wildman–Crippen MR) is 158 cm³/mol. The average molecular weight is 661 g/mol. The van der Waals surface area contributed by atoms with Crippen LogP contribution in [0.25, 0.3) is 0 Å². The lowest BCUT2D eigenvalue weighted by molar-refractivity contribution is -0.146. The molecule has 0 aliphatic heterocycles. The van der Waals surface area contributed by atoms with Crippen LogP contribution >= 0.6 is 0 Å². The molecule has 0 aliphatic carbocycles. The Labute approximate surface area is 267 Å². The first-order valence-electron chi connectivity index (χ1n) is 15.3. The first-order chi connectivity index (χ1) is 22.2. The van der Waals surface area contributed by atoms with E-state index in [1.807, 2.05) is 0 Å². The minimum absolute atomic E-state index is 0.0742. The molecule has 0 N–H and O–H groups in total. The zero-order valence-corrected chi connectivity index (χ0v) is 27.2. The van der Waals surface area contributed by atoms with Gasteiger partial charge in [-0.05, 0) is 0 Å². The van der Waals surface area contributed by atoms with E-state index >= 15 is 0 Å². The van der Waals surface area contributed by atoms with E-state index in [-0.39, 0.29) is 19.0 Å². The molecule has 0 aromatic heterocycles. The number of hydrogen-bond acceptors (Lipinski definition) is 16. The highest BCUT2D eigenvalue weighted by molar-refractivity contribution is 5.70. The van der Waals surface area contributed by atoms with Crippen molar-refractivity contribution in [3.63, 3.8) is 0 Å². The van der Waals surface area contributed by atoms with Gasteiger partial charge >= 0.3 is 11.9 Å². The van der Waals surface area contributed by atoms with Crippen LogP contribution in [0.5, 0.6) is 0 Å². The molecule has 0 atom stereocenters. The summed E-state index contributed by atoms with van der Waals surface area (Å²) in [5.74, 6) is -0.701. The molecule has 0 radical (unpaired) electrons. The molecule has 16 nitrogen and oxygen atoms in total. The number of hydrogen-bond donors (Lipinski definition) is 0. The van der Waals surface area contributed by atoms with Crippen molar-refractivity contribution in [1.82, 2.24) is 0 Å².